The van der Waals surface area contributed by atoms with E-state index < -0.39 is 0 Å². The van der Waals surface area contributed by atoms with Crippen molar-refractivity contribution < 1.29 is 0 Å². The Bertz CT molecular complexity index is 426. The average molecular weight is 249 g/mol. The highest BCUT2D eigenvalue weighted by molar-refractivity contribution is 5.94. The lowest BCUT2D eigenvalue weighted by atomic mass is 10.5. The summed E-state index contributed by atoms with van der Waals surface area (Å²) in [6, 6.07) is 1.90. The van der Waals surface area contributed by atoms with Gasteiger partial charge in [0.05, 0.1) is 6.54 Å². The maximum absolute atomic E-state index is 4.45. The number of nitrogens with one attached hydrogen (secondary N) is 2. The summed E-state index contributed by atoms with van der Waals surface area (Å²) in [5, 5.41) is 6.32. The SMILES string of the molecule is CN(C)c1cc(NC2=NCCN2)nc(N(C)C)n1. The molecule has 98 valence electrons. The van der Waals surface area contributed by atoms with E-state index in [1.165, 1.54) is 0 Å². The molecular weight excluding hydrogens is 230 g/mol. The highest BCUT2D eigenvalue weighted by atomic mass is 15.3. The topological polar surface area (TPSA) is 68.7 Å². The second kappa shape index (κ2) is 5.07. The van der Waals surface area contributed by atoms with Gasteiger partial charge in [0.1, 0.15) is 11.6 Å². The summed E-state index contributed by atoms with van der Waals surface area (Å²) in [6.45, 7) is 1.67. The van der Waals surface area contributed by atoms with Crippen LogP contribution in [0.3, 0.4) is 0 Å². The number of hydrogen-bond acceptors (Lipinski definition) is 7. The summed E-state index contributed by atoms with van der Waals surface area (Å²) in [7, 11) is 7.75. The monoisotopic (exact) mass is 249 g/mol. The van der Waals surface area contributed by atoms with Gasteiger partial charge in [-0.2, -0.15) is 9.97 Å². The zero-order valence-corrected chi connectivity index (χ0v) is 11.2. The van der Waals surface area contributed by atoms with Gasteiger partial charge in [-0.15, -0.1) is 0 Å². The third kappa shape index (κ3) is 2.79. The van der Waals surface area contributed by atoms with Crippen molar-refractivity contribution in [2.75, 3.05) is 56.4 Å². The second-order valence-electron chi connectivity index (χ2n) is 4.48. The minimum Gasteiger partial charge on any atom is -0.363 e. The molecule has 1 aromatic heterocycles. The van der Waals surface area contributed by atoms with E-state index >= 15 is 0 Å². The zero-order valence-electron chi connectivity index (χ0n) is 11.2. The Morgan fingerprint density at radius 1 is 1.17 bits per heavy atom. The Labute approximate surface area is 107 Å². The lowest BCUT2D eigenvalue weighted by molar-refractivity contribution is 0.955. The van der Waals surface area contributed by atoms with Gasteiger partial charge < -0.3 is 20.4 Å². The third-order valence-electron chi connectivity index (χ3n) is 2.48. The zero-order chi connectivity index (χ0) is 13.1. The van der Waals surface area contributed by atoms with Crippen molar-refractivity contribution in [2.24, 2.45) is 4.99 Å². The summed E-state index contributed by atoms with van der Waals surface area (Å²) in [4.78, 5) is 17.0. The molecule has 18 heavy (non-hydrogen) atoms. The highest BCUT2D eigenvalue weighted by Gasteiger charge is 2.10. The average Bonchev–Trinajstić information content (AvgIpc) is 2.81. The Balaban J connectivity index is 2.27. The van der Waals surface area contributed by atoms with Gasteiger partial charge in [0, 0.05) is 40.8 Å². The molecular formula is C11H19N7. The predicted molar refractivity (Wildman–Crippen MR) is 74.6 cm³/mol. The van der Waals surface area contributed by atoms with E-state index in [0.29, 0.717) is 5.95 Å². The summed E-state index contributed by atoms with van der Waals surface area (Å²) in [6.07, 6.45) is 0. The minimum absolute atomic E-state index is 0.669. The molecule has 0 spiro atoms. The highest BCUT2D eigenvalue weighted by Crippen LogP contribution is 2.17. The van der Waals surface area contributed by atoms with Gasteiger partial charge in [-0.25, -0.2) is 0 Å². The van der Waals surface area contributed by atoms with Crippen molar-refractivity contribution >= 4 is 23.5 Å². The van der Waals surface area contributed by atoms with Crippen molar-refractivity contribution in [1.29, 1.82) is 0 Å². The van der Waals surface area contributed by atoms with E-state index in [-0.39, 0.29) is 0 Å². The molecule has 1 aliphatic rings. The van der Waals surface area contributed by atoms with Crippen LogP contribution in [0.1, 0.15) is 0 Å². The lowest BCUT2D eigenvalue weighted by Crippen LogP contribution is -2.27. The number of aliphatic imine (C=N–C) groups is 1. The van der Waals surface area contributed by atoms with Crippen LogP contribution in [0, 0.1) is 0 Å². The van der Waals surface area contributed by atoms with Crippen molar-refractivity contribution in [2.45, 2.75) is 0 Å². The third-order valence-corrected chi connectivity index (χ3v) is 2.48. The fraction of sp³-hybridized carbons (Fsp3) is 0.545. The van der Waals surface area contributed by atoms with Gasteiger partial charge in [-0.1, -0.05) is 0 Å². The molecule has 0 unspecified atom stereocenters. The van der Waals surface area contributed by atoms with Crippen LogP contribution in [0.15, 0.2) is 11.1 Å². The fourth-order valence-corrected chi connectivity index (χ4v) is 1.52. The van der Waals surface area contributed by atoms with Gasteiger partial charge >= 0.3 is 0 Å². The maximum atomic E-state index is 4.45. The quantitative estimate of drug-likeness (QED) is 0.784. The van der Waals surface area contributed by atoms with Crippen LogP contribution in [0.25, 0.3) is 0 Å². The molecule has 0 saturated carbocycles. The van der Waals surface area contributed by atoms with Gasteiger partial charge in [-0.3, -0.25) is 4.99 Å². The first-order valence-corrected chi connectivity index (χ1v) is 5.85. The van der Waals surface area contributed by atoms with Crippen LogP contribution in [0.2, 0.25) is 0 Å². The molecule has 0 fully saturated rings. The maximum Gasteiger partial charge on any atom is 0.228 e. The molecule has 2 N–H and O–H groups in total. The first-order valence-electron chi connectivity index (χ1n) is 5.85. The van der Waals surface area contributed by atoms with Gasteiger partial charge in [-0.05, 0) is 0 Å². The van der Waals surface area contributed by atoms with Crippen molar-refractivity contribution in [3.63, 3.8) is 0 Å². The van der Waals surface area contributed by atoms with E-state index in [4.69, 9.17) is 0 Å². The normalized spacial score (nSPS) is 13.9. The Hall–Kier alpha value is -2.05. The molecule has 0 amide bonds. The second-order valence-corrected chi connectivity index (χ2v) is 4.48. The minimum atomic E-state index is 0.669. The molecule has 1 aliphatic heterocycles. The lowest BCUT2D eigenvalue weighted by Gasteiger charge is -2.17. The molecule has 7 heteroatoms. The Kier molecular flexibility index (Phi) is 3.50. The predicted octanol–water partition coefficient (Wildman–Crippen LogP) is -0.0203. The standard InChI is InChI=1S/C11H19N7/c1-17(2)9-7-8(14-10-12-5-6-13-10)15-11(16-9)18(3)4/h7H,5-6H2,1-4H3,(H2,12,13,14,15,16). The van der Waals surface area contributed by atoms with Crippen LogP contribution in [-0.2, 0) is 0 Å². The van der Waals surface area contributed by atoms with Crippen LogP contribution in [0.5, 0.6) is 0 Å². The summed E-state index contributed by atoms with van der Waals surface area (Å²) < 4.78 is 0. The largest absolute Gasteiger partial charge is 0.363 e. The van der Waals surface area contributed by atoms with Gasteiger partial charge in [0.15, 0.2) is 5.96 Å². The van der Waals surface area contributed by atoms with E-state index in [1.807, 2.05) is 44.1 Å². The van der Waals surface area contributed by atoms with E-state index in [1.54, 1.807) is 0 Å². The van der Waals surface area contributed by atoms with E-state index in [2.05, 4.69) is 25.6 Å². The summed E-state index contributed by atoms with van der Waals surface area (Å²) in [5.41, 5.74) is 0. The summed E-state index contributed by atoms with van der Waals surface area (Å²) >= 11 is 0. The van der Waals surface area contributed by atoms with E-state index in [9.17, 15) is 0 Å². The Morgan fingerprint density at radius 2 is 1.94 bits per heavy atom. The number of aromatic nitrogens is 2. The number of guanidine groups is 1. The molecule has 0 atom stereocenters. The molecule has 0 saturated heterocycles. The smallest absolute Gasteiger partial charge is 0.228 e. The van der Waals surface area contributed by atoms with Gasteiger partial charge in [0.25, 0.3) is 0 Å². The van der Waals surface area contributed by atoms with Crippen LogP contribution >= 0.6 is 0 Å². The van der Waals surface area contributed by atoms with E-state index in [0.717, 1.165) is 30.7 Å². The number of nitrogens with zero attached hydrogens (tertiary/aromatic N) is 5. The number of rotatable bonds is 3. The van der Waals surface area contributed by atoms with Crippen LogP contribution in [0.4, 0.5) is 17.6 Å². The molecule has 2 rings (SSSR count). The fourth-order valence-electron chi connectivity index (χ4n) is 1.52. The summed E-state index contributed by atoms with van der Waals surface area (Å²) in [5.74, 6) is 3.03. The molecule has 0 aliphatic carbocycles. The molecule has 1 aromatic rings. The first-order chi connectivity index (χ1) is 8.56. The van der Waals surface area contributed by atoms with Crippen molar-refractivity contribution in [1.82, 2.24) is 15.3 Å². The van der Waals surface area contributed by atoms with Crippen LogP contribution < -0.4 is 20.4 Å². The van der Waals surface area contributed by atoms with Crippen LogP contribution in [-0.4, -0.2) is 57.2 Å². The Morgan fingerprint density at radius 3 is 2.50 bits per heavy atom. The molecule has 0 radical (unpaired) electrons. The molecule has 0 bridgehead atoms. The first kappa shape index (κ1) is 12.4. The molecule has 0 aromatic carbocycles. The molecule has 2 heterocycles. The molecule has 7 nitrogen and oxygen atoms in total. The van der Waals surface area contributed by atoms with Gasteiger partial charge in [0.2, 0.25) is 5.95 Å². The number of anilines is 3. The number of hydrogen-bond donors (Lipinski definition) is 2. The van der Waals surface area contributed by atoms with Crippen molar-refractivity contribution in [3.8, 4) is 0 Å². The van der Waals surface area contributed by atoms with Crippen molar-refractivity contribution in [3.05, 3.63) is 6.07 Å².